The first-order chi connectivity index (χ1) is 16.0. The molecule has 2 aromatic carbocycles. The average molecular weight is 469 g/mol. The van der Waals surface area contributed by atoms with E-state index in [1.165, 1.54) is 11.3 Å². The Hall–Kier alpha value is -2.54. The minimum atomic E-state index is -0.265. The van der Waals surface area contributed by atoms with Gasteiger partial charge in [0.15, 0.2) is 0 Å². The Morgan fingerprint density at radius 3 is 2.78 bits per heavy atom. The lowest BCUT2D eigenvalue weighted by Crippen LogP contribution is -2.35. The number of benzene rings is 2. The van der Waals surface area contributed by atoms with Gasteiger partial charge in [-0.05, 0) is 45.0 Å². The highest BCUT2D eigenvalue weighted by atomic mass is 35.5. The molecule has 0 saturated carbocycles. The van der Waals surface area contributed by atoms with Gasteiger partial charge in [0.1, 0.15) is 35.0 Å². The van der Waals surface area contributed by atoms with Crippen LogP contribution in [0.2, 0.25) is 5.02 Å². The molecular formula is C25H26ClN3O2S. The summed E-state index contributed by atoms with van der Waals surface area (Å²) in [7, 11) is 2.15. The molecule has 166 valence electrons. The van der Waals surface area contributed by atoms with Gasteiger partial charge in [0.05, 0.1) is 12.4 Å². The summed E-state index contributed by atoms with van der Waals surface area (Å²) in [6.07, 6.45) is 3.83. The summed E-state index contributed by atoms with van der Waals surface area (Å²) in [5.41, 5.74) is 2.74. The van der Waals surface area contributed by atoms with E-state index in [4.69, 9.17) is 22.4 Å². The highest BCUT2D eigenvalue weighted by Crippen LogP contribution is 2.33. The molecule has 7 heteroatoms. The minimum Gasteiger partial charge on any atom is -0.490 e. The Labute approximate surface area is 198 Å². The van der Waals surface area contributed by atoms with Crippen LogP contribution in [0, 0.1) is 0 Å². The topological polar surface area (TPSA) is 39.5 Å². The number of piperidine rings is 1. The van der Waals surface area contributed by atoms with Crippen molar-refractivity contribution in [3.63, 3.8) is 0 Å². The van der Waals surface area contributed by atoms with E-state index in [1.54, 1.807) is 6.33 Å². The second-order valence-corrected chi connectivity index (χ2v) is 9.45. The van der Waals surface area contributed by atoms with Gasteiger partial charge in [-0.1, -0.05) is 29.8 Å². The summed E-state index contributed by atoms with van der Waals surface area (Å²) in [6.45, 7) is 4.06. The number of hydrogen-bond donors (Lipinski definition) is 0. The van der Waals surface area contributed by atoms with Crippen molar-refractivity contribution in [1.82, 2.24) is 14.5 Å². The molecule has 0 aliphatic carbocycles. The van der Waals surface area contributed by atoms with Crippen LogP contribution < -0.4 is 9.47 Å². The van der Waals surface area contributed by atoms with E-state index < -0.39 is 0 Å². The first-order valence-electron chi connectivity index (χ1n) is 11.3. The summed E-state index contributed by atoms with van der Waals surface area (Å²) in [5.74, 6) is 1.38. The van der Waals surface area contributed by atoms with E-state index >= 15 is 0 Å². The number of nitrogens with zero attached hydrogens (tertiary/aromatic N) is 3. The molecule has 1 atom stereocenters. The average Bonchev–Trinajstić information content (AvgIpc) is 3.38. The zero-order valence-corrected chi connectivity index (χ0v) is 19.7. The van der Waals surface area contributed by atoms with E-state index in [2.05, 4.69) is 16.9 Å². The summed E-state index contributed by atoms with van der Waals surface area (Å²) >= 11 is 7.67. The van der Waals surface area contributed by atoms with Crippen molar-refractivity contribution in [2.75, 3.05) is 20.1 Å². The lowest BCUT2D eigenvalue weighted by atomic mass is 10.1. The molecule has 0 amide bonds. The number of hydrogen-bond acceptors (Lipinski definition) is 5. The Morgan fingerprint density at radius 1 is 1.16 bits per heavy atom. The molecular weight excluding hydrogens is 442 g/mol. The van der Waals surface area contributed by atoms with Crippen LogP contribution in [0.1, 0.15) is 32.8 Å². The molecule has 2 aromatic heterocycles. The third-order valence-corrected chi connectivity index (χ3v) is 7.05. The fourth-order valence-corrected chi connectivity index (χ4v) is 5.05. The van der Waals surface area contributed by atoms with Crippen molar-refractivity contribution < 1.29 is 10.8 Å². The monoisotopic (exact) mass is 468 g/mol. The highest BCUT2D eigenvalue weighted by Gasteiger charge is 2.19. The standard InChI is InChI=1S/C25H26ClN3O2S/c1-17(21-5-3-4-6-22(21)26)30-20-14-25(32-15-20)29-16-27-23-8-7-19(13-24(23)29)31-18-9-11-28(2)12-10-18/h3-8,13-18H,9-12H2,1-2H3/t17-/m1/s1/i15D. The summed E-state index contributed by atoms with van der Waals surface area (Å²) in [4.78, 5) is 6.87. The smallest absolute Gasteiger partial charge is 0.133 e. The second-order valence-electron chi connectivity index (χ2n) is 8.22. The number of halogens is 1. The predicted octanol–water partition coefficient (Wildman–Crippen LogP) is 6.35. The fourth-order valence-electron chi connectivity index (χ4n) is 4.04. The fraction of sp³-hybridized carbons (Fsp3) is 0.320. The maximum Gasteiger partial charge on any atom is 0.133 e. The third kappa shape index (κ3) is 4.49. The highest BCUT2D eigenvalue weighted by molar-refractivity contribution is 7.12. The van der Waals surface area contributed by atoms with Gasteiger partial charge in [0, 0.05) is 41.2 Å². The van der Waals surface area contributed by atoms with E-state index in [0.29, 0.717) is 16.1 Å². The van der Waals surface area contributed by atoms with Gasteiger partial charge in [-0.3, -0.25) is 4.57 Å². The van der Waals surface area contributed by atoms with Crippen molar-refractivity contribution in [2.45, 2.75) is 32.0 Å². The molecule has 5 rings (SSSR count). The molecule has 0 N–H and O–H groups in total. The number of thiophene rings is 1. The Bertz CT molecular complexity index is 1270. The van der Waals surface area contributed by atoms with E-state index in [9.17, 15) is 0 Å². The molecule has 0 unspecified atom stereocenters. The number of imidazole rings is 1. The van der Waals surface area contributed by atoms with Crippen LogP contribution in [0.3, 0.4) is 0 Å². The number of likely N-dealkylation sites (tertiary alicyclic amines) is 1. The molecule has 32 heavy (non-hydrogen) atoms. The van der Waals surface area contributed by atoms with Crippen molar-refractivity contribution in [3.8, 4) is 16.5 Å². The van der Waals surface area contributed by atoms with Gasteiger partial charge in [-0.25, -0.2) is 4.98 Å². The second kappa shape index (κ2) is 9.14. The molecule has 0 bridgehead atoms. The number of fused-ring (bicyclic) bond motifs is 1. The summed E-state index contributed by atoms with van der Waals surface area (Å²) in [6, 6.07) is 15.5. The normalized spacial score (nSPS) is 16.8. The SMILES string of the molecule is [2H]c1sc(-n2cnc3ccc(OC4CCN(C)CC4)cc32)cc1O[C@H](C)c1ccccc1Cl. The van der Waals surface area contributed by atoms with Crippen molar-refractivity contribution in [1.29, 1.82) is 0 Å². The molecule has 4 aromatic rings. The van der Waals surface area contributed by atoms with E-state index in [0.717, 1.165) is 53.3 Å². The molecule has 1 aliphatic rings. The number of rotatable bonds is 6. The van der Waals surface area contributed by atoms with Crippen molar-refractivity contribution in [3.05, 3.63) is 70.8 Å². The Balaban J connectivity index is 1.38. The Kier molecular flexibility index (Phi) is 5.74. The molecule has 1 fully saturated rings. The van der Waals surface area contributed by atoms with Crippen LogP contribution in [0.5, 0.6) is 11.5 Å². The quantitative estimate of drug-likeness (QED) is 0.330. The molecule has 1 aliphatic heterocycles. The Morgan fingerprint density at radius 2 is 1.97 bits per heavy atom. The van der Waals surface area contributed by atoms with Gasteiger partial charge in [0.2, 0.25) is 0 Å². The van der Waals surface area contributed by atoms with Crippen molar-refractivity contribution in [2.24, 2.45) is 0 Å². The van der Waals surface area contributed by atoms with Crippen LogP contribution in [-0.2, 0) is 0 Å². The maximum atomic E-state index is 8.44. The van der Waals surface area contributed by atoms with Crippen LogP contribution in [0.25, 0.3) is 16.0 Å². The molecule has 3 heterocycles. The molecule has 0 spiro atoms. The van der Waals surface area contributed by atoms with Gasteiger partial charge in [0.25, 0.3) is 0 Å². The van der Waals surface area contributed by atoms with E-state index in [-0.39, 0.29) is 12.2 Å². The number of aromatic nitrogens is 2. The van der Waals surface area contributed by atoms with Gasteiger partial charge >= 0.3 is 0 Å². The first kappa shape index (κ1) is 20.1. The zero-order chi connectivity index (χ0) is 22.9. The molecule has 1 saturated heterocycles. The van der Waals surface area contributed by atoms with Crippen LogP contribution in [0.15, 0.2) is 60.2 Å². The first-order valence-corrected chi connectivity index (χ1v) is 12.0. The van der Waals surface area contributed by atoms with Crippen LogP contribution in [-0.4, -0.2) is 40.7 Å². The van der Waals surface area contributed by atoms with Crippen LogP contribution in [0.4, 0.5) is 0 Å². The lowest BCUT2D eigenvalue weighted by molar-refractivity contribution is 0.114. The van der Waals surface area contributed by atoms with E-state index in [1.807, 2.05) is 60.0 Å². The number of ether oxygens (including phenoxy) is 2. The minimum absolute atomic E-state index is 0.239. The molecule has 5 nitrogen and oxygen atoms in total. The van der Waals surface area contributed by atoms with Gasteiger partial charge in [-0.15, -0.1) is 11.3 Å². The van der Waals surface area contributed by atoms with Crippen LogP contribution >= 0.6 is 22.9 Å². The van der Waals surface area contributed by atoms with Crippen molar-refractivity contribution >= 4 is 34.0 Å². The third-order valence-electron chi connectivity index (χ3n) is 5.88. The largest absolute Gasteiger partial charge is 0.490 e. The summed E-state index contributed by atoms with van der Waals surface area (Å²) < 4.78 is 22.8. The zero-order valence-electron chi connectivity index (χ0n) is 19.1. The van der Waals surface area contributed by atoms with Gasteiger partial charge in [-0.2, -0.15) is 0 Å². The lowest BCUT2D eigenvalue weighted by Gasteiger charge is -2.29. The molecule has 0 radical (unpaired) electrons. The van der Waals surface area contributed by atoms with Gasteiger partial charge < -0.3 is 14.4 Å². The maximum absolute atomic E-state index is 8.44. The summed E-state index contributed by atoms with van der Waals surface area (Å²) in [5, 5.41) is 1.90. The predicted molar refractivity (Wildman–Crippen MR) is 131 cm³/mol.